The van der Waals surface area contributed by atoms with Crippen molar-refractivity contribution in [3.8, 4) is 0 Å². The van der Waals surface area contributed by atoms with E-state index in [0.717, 1.165) is 45.1 Å². The third kappa shape index (κ3) is 5.30. The molecule has 0 aromatic carbocycles. The topological polar surface area (TPSA) is 92.7 Å². The monoisotopic (exact) mass is 651 g/mol. The highest BCUT2D eigenvalue weighted by Crippen LogP contribution is 2.77. The maximum atomic E-state index is 13.9. The van der Waals surface area contributed by atoms with Crippen molar-refractivity contribution in [3.63, 3.8) is 0 Å². The highest BCUT2D eigenvalue weighted by molar-refractivity contribution is 6.00. The minimum atomic E-state index is -1.13. The Kier molecular flexibility index (Phi) is 8.74. The van der Waals surface area contributed by atoms with Crippen LogP contribution in [0.5, 0.6) is 0 Å². The van der Waals surface area contributed by atoms with Crippen molar-refractivity contribution in [2.75, 3.05) is 6.54 Å². The fourth-order valence-corrected chi connectivity index (χ4v) is 13.0. The first-order valence-electron chi connectivity index (χ1n) is 19.3. The molecule has 264 valence electrons. The van der Waals surface area contributed by atoms with Crippen molar-refractivity contribution in [2.24, 2.45) is 56.2 Å². The molecule has 6 aliphatic carbocycles. The molecule has 6 heteroatoms. The van der Waals surface area contributed by atoms with Gasteiger partial charge in [-0.1, -0.05) is 60.5 Å². The summed E-state index contributed by atoms with van der Waals surface area (Å²) in [6, 6.07) is 0.680. The highest BCUT2D eigenvalue weighted by Gasteiger charge is 2.70. The standard InChI is InChI=1S/C41H65NO5/c1-25(2)33-28(43)23-41(21-22-42-26-11-10-12-26)20-19-39(8)27(34(33)41)13-14-30-38(7)17-16-31(47-32(44)24-36(3,4)35(45)46)37(5,6)29(38)15-18-40(30,39)9/h25-27,29-31,42H,10-24H2,1-9H3,(H,45,46)/t27-,29?,30?,31+,38+,39-,40-,41-/m1/s1. The van der Waals surface area contributed by atoms with Gasteiger partial charge < -0.3 is 15.2 Å². The molecular formula is C41H65NO5. The lowest BCUT2D eigenvalue weighted by Gasteiger charge is -2.72. The van der Waals surface area contributed by atoms with Crippen LogP contribution in [-0.4, -0.2) is 41.5 Å². The van der Waals surface area contributed by atoms with Crippen LogP contribution in [-0.2, 0) is 19.1 Å². The van der Waals surface area contributed by atoms with E-state index in [1.54, 1.807) is 19.4 Å². The van der Waals surface area contributed by atoms with Gasteiger partial charge in [0.25, 0.3) is 0 Å². The predicted octanol–water partition coefficient (Wildman–Crippen LogP) is 8.91. The van der Waals surface area contributed by atoms with Crippen molar-refractivity contribution < 1.29 is 24.2 Å². The van der Waals surface area contributed by atoms with E-state index in [4.69, 9.17) is 4.74 Å². The van der Waals surface area contributed by atoms with Gasteiger partial charge in [-0.3, -0.25) is 14.4 Å². The van der Waals surface area contributed by atoms with Crippen LogP contribution in [0.4, 0.5) is 0 Å². The first-order valence-corrected chi connectivity index (χ1v) is 19.3. The van der Waals surface area contributed by atoms with Crippen molar-refractivity contribution in [2.45, 2.75) is 164 Å². The van der Waals surface area contributed by atoms with Crippen LogP contribution in [0.2, 0.25) is 0 Å². The highest BCUT2D eigenvalue weighted by atomic mass is 16.5. The van der Waals surface area contributed by atoms with Gasteiger partial charge in [0.1, 0.15) is 6.10 Å². The van der Waals surface area contributed by atoms with Crippen molar-refractivity contribution in [1.29, 1.82) is 0 Å². The molecule has 6 rings (SSSR count). The number of carbonyl (C=O) groups is 3. The third-order valence-electron chi connectivity index (χ3n) is 16.1. The zero-order valence-electron chi connectivity index (χ0n) is 31.2. The lowest BCUT2D eigenvalue weighted by molar-refractivity contribution is -0.233. The zero-order valence-corrected chi connectivity index (χ0v) is 31.2. The molecule has 8 atom stereocenters. The molecule has 0 aromatic rings. The summed E-state index contributed by atoms with van der Waals surface area (Å²) in [5.74, 6) is 0.863. The molecule has 0 spiro atoms. The zero-order chi connectivity index (χ0) is 34.4. The van der Waals surface area contributed by atoms with Crippen LogP contribution in [0.3, 0.4) is 0 Å². The van der Waals surface area contributed by atoms with E-state index in [1.807, 2.05) is 0 Å². The van der Waals surface area contributed by atoms with Gasteiger partial charge in [-0.05, 0) is 137 Å². The molecule has 2 N–H and O–H groups in total. The number of hydrogen-bond donors (Lipinski definition) is 2. The summed E-state index contributed by atoms with van der Waals surface area (Å²) in [6.45, 7) is 21.2. The van der Waals surface area contributed by atoms with Gasteiger partial charge in [0, 0.05) is 23.3 Å². The van der Waals surface area contributed by atoms with Crippen molar-refractivity contribution in [1.82, 2.24) is 5.32 Å². The Bertz CT molecular complexity index is 1320. The lowest BCUT2D eigenvalue weighted by Crippen LogP contribution is -2.65. The van der Waals surface area contributed by atoms with Crippen LogP contribution in [0.1, 0.15) is 152 Å². The van der Waals surface area contributed by atoms with E-state index in [1.165, 1.54) is 50.5 Å². The van der Waals surface area contributed by atoms with Crippen molar-refractivity contribution in [3.05, 3.63) is 11.1 Å². The quantitative estimate of drug-likeness (QED) is 0.242. The van der Waals surface area contributed by atoms with Crippen LogP contribution in [0.15, 0.2) is 11.1 Å². The molecule has 47 heavy (non-hydrogen) atoms. The first kappa shape index (κ1) is 35.1. The number of aliphatic carboxylic acids is 1. The largest absolute Gasteiger partial charge is 0.481 e. The predicted molar refractivity (Wildman–Crippen MR) is 186 cm³/mol. The molecule has 0 heterocycles. The Labute approximate surface area is 285 Å². The summed E-state index contributed by atoms with van der Waals surface area (Å²) in [5, 5.41) is 13.4. The number of allylic oxidation sites excluding steroid dienone is 2. The summed E-state index contributed by atoms with van der Waals surface area (Å²) in [7, 11) is 0. The second-order valence-corrected chi connectivity index (χ2v) is 19.5. The molecule has 2 unspecified atom stereocenters. The van der Waals surface area contributed by atoms with E-state index in [9.17, 15) is 19.5 Å². The summed E-state index contributed by atoms with van der Waals surface area (Å²) in [6.07, 6.45) is 14.4. The number of carbonyl (C=O) groups excluding carboxylic acids is 2. The normalized spacial score (nSPS) is 41.4. The second-order valence-electron chi connectivity index (χ2n) is 19.5. The number of esters is 1. The van der Waals surface area contributed by atoms with E-state index < -0.39 is 11.4 Å². The Morgan fingerprint density at radius 1 is 0.915 bits per heavy atom. The van der Waals surface area contributed by atoms with Gasteiger partial charge >= 0.3 is 11.9 Å². The Morgan fingerprint density at radius 2 is 1.62 bits per heavy atom. The van der Waals surface area contributed by atoms with Crippen LogP contribution >= 0.6 is 0 Å². The second kappa shape index (κ2) is 11.7. The summed E-state index contributed by atoms with van der Waals surface area (Å²) in [4.78, 5) is 38.6. The molecule has 0 aliphatic heterocycles. The average molecular weight is 652 g/mol. The van der Waals surface area contributed by atoms with Crippen LogP contribution < -0.4 is 5.32 Å². The van der Waals surface area contributed by atoms with E-state index in [2.05, 4.69) is 53.8 Å². The van der Waals surface area contributed by atoms with Crippen LogP contribution in [0, 0.1) is 56.2 Å². The molecular weight excluding hydrogens is 586 g/mol. The number of nitrogens with one attached hydrogen (secondary N) is 1. The molecule has 0 aromatic heterocycles. The fourth-order valence-electron chi connectivity index (χ4n) is 13.0. The minimum Gasteiger partial charge on any atom is -0.481 e. The number of ketones is 1. The van der Waals surface area contributed by atoms with E-state index in [0.29, 0.717) is 29.6 Å². The number of Topliss-reactive ketones (excluding diaryl/α,β-unsaturated/α-hetero) is 1. The molecule has 0 saturated heterocycles. The average Bonchev–Trinajstić information content (AvgIpc) is 3.24. The minimum absolute atomic E-state index is 0.0427. The smallest absolute Gasteiger partial charge is 0.309 e. The number of fused-ring (bicyclic) bond motifs is 7. The van der Waals surface area contributed by atoms with Crippen LogP contribution in [0.25, 0.3) is 0 Å². The molecule has 6 nitrogen and oxygen atoms in total. The summed E-state index contributed by atoms with van der Waals surface area (Å²) in [5.41, 5.74) is 2.00. The van der Waals surface area contributed by atoms with Gasteiger partial charge in [0.15, 0.2) is 5.78 Å². The first-order chi connectivity index (χ1) is 21.8. The molecule has 0 radical (unpaired) electrons. The molecule has 6 aliphatic rings. The summed E-state index contributed by atoms with van der Waals surface area (Å²) >= 11 is 0. The van der Waals surface area contributed by atoms with Gasteiger partial charge in [-0.2, -0.15) is 0 Å². The molecule has 5 fully saturated rings. The molecule has 5 saturated carbocycles. The van der Waals surface area contributed by atoms with E-state index >= 15 is 0 Å². The van der Waals surface area contributed by atoms with Crippen molar-refractivity contribution >= 4 is 17.7 Å². The third-order valence-corrected chi connectivity index (χ3v) is 16.1. The SMILES string of the molecule is CC(C)C1=C2[C@H]3CCC4[C@@]5(C)CC[C@H](OC(=O)CC(C)(C)C(=O)O)C(C)(C)C5CC[C@@]4(C)[C@]3(C)CC[C@@]2(CCNC2CCC2)CC1=O. The maximum Gasteiger partial charge on any atom is 0.309 e. The van der Waals surface area contributed by atoms with Gasteiger partial charge in [0.2, 0.25) is 0 Å². The number of rotatable bonds is 9. The van der Waals surface area contributed by atoms with Gasteiger partial charge in [-0.15, -0.1) is 0 Å². The maximum absolute atomic E-state index is 13.9. The number of carboxylic acids is 1. The Morgan fingerprint density at radius 3 is 2.23 bits per heavy atom. The summed E-state index contributed by atoms with van der Waals surface area (Å²) < 4.78 is 6.17. The van der Waals surface area contributed by atoms with Gasteiger partial charge in [-0.25, -0.2) is 0 Å². The molecule has 0 bridgehead atoms. The van der Waals surface area contributed by atoms with Gasteiger partial charge in [0.05, 0.1) is 11.8 Å². The fraction of sp³-hybridized carbons (Fsp3) is 0.878. The Hall–Kier alpha value is -1.69. The number of ether oxygens (including phenoxy) is 1. The Balaban J connectivity index is 1.26. The molecule has 0 amide bonds. The number of hydrogen-bond acceptors (Lipinski definition) is 5. The number of carboxylic acid groups (broad SMARTS) is 1. The van der Waals surface area contributed by atoms with E-state index in [-0.39, 0.29) is 51.5 Å². The lowest BCUT2D eigenvalue weighted by atomic mass is 9.33.